The molecule has 2 bridgehead atoms. The molecule has 2 saturated heterocycles. The van der Waals surface area contributed by atoms with E-state index < -0.39 is 0 Å². The van der Waals surface area contributed by atoms with E-state index in [1.165, 1.54) is 12.8 Å². The van der Waals surface area contributed by atoms with E-state index in [-0.39, 0.29) is 11.9 Å². The van der Waals surface area contributed by atoms with Crippen LogP contribution in [0.1, 0.15) is 42.0 Å². The van der Waals surface area contributed by atoms with Gasteiger partial charge in [0.05, 0.1) is 0 Å². The molecule has 2 N–H and O–H groups in total. The van der Waals surface area contributed by atoms with Crippen LogP contribution in [0.2, 0.25) is 0 Å². The molecule has 2 atom stereocenters. The van der Waals surface area contributed by atoms with Gasteiger partial charge >= 0.3 is 0 Å². The van der Waals surface area contributed by atoms with Crippen LogP contribution in [-0.2, 0) is 11.3 Å². The second-order valence-electron chi connectivity index (χ2n) is 5.48. The highest BCUT2D eigenvalue weighted by Crippen LogP contribution is 2.27. The Morgan fingerprint density at radius 2 is 2.16 bits per heavy atom. The molecule has 0 radical (unpaired) electrons. The third-order valence-electron chi connectivity index (χ3n) is 3.98. The first-order valence-electron chi connectivity index (χ1n) is 6.89. The lowest BCUT2D eigenvalue weighted by molar-refractivity contribution is 0.0887. The van der Waals surface area contributed by atoms with E-state index in [0.29, 0.717) is 30.2 Å². The van der Waals surface area contributed by atoms with Crippen molar-refractivity contribution in [2.75, 3.05) is 7.11 Å². The molecule has 3 rings (SSSR count). The smallest absolute Gasteiger partial charge is 0.287 e. The van der Waals surface area contributed by atoms with E-state index in [2.05, 4.69) is 10.6 Å². The van der Waals surface area contributed by atoms with Gasteiger partial charge in [-0.25, -0.2) is 0 Å². The molecule has 2 aliphatic heterocycles. The summed E-state index contributed by atoms with van der Waals surface area (Å²) >= 11 is 0. The maximum atomic E-state index is 12.1. The number of carbonyl (C=O) groups is 1. The number of hydrogen-bond donors (Lipinski definition) is 2. The third-order valence-corrected chi connectivity index (χ3v) is 3.98. The molecule has 1 aromatic rings. The van der Waals surface area contributed by atoms with Crippen LogP contribution in [0.3, 0.4) is 0 Å². The summed E-state index contributed by atoms with van der Waals surface area (Å²) in [7, 11) is 1.60. The molecule has 19 heavy (non-hydrogen) atoms. The molecule has 2 aliphatic rings. The quantitative estimate of drug-likeness (QED) is 0.863. The molecule has 3 heterocycles. The van der Waals surface area contributed by atoms with Crippen LogP contribution in [0, 0.1) is 0 Å². The van der Waals surface area contributed by atoms with Gasteiger partial charge in [-0.2, -0.15) is 0 Å². The van der Waals surface area contributed by atoms with Gasteiger partial charge in [0.25, 0.3) is 5.91 Å². The standard InChI is InChI=1S/C14H20N2O3/c1-18-8-12-4-5-13(19-12)14(17)16-11-6-9-2-3-10(7-11)15-9/h4-5,9-11,15H,2-3,6-8H2,1H3,(H,16,17). The number of furan rings is 1. The molecule has 0 aliphatic carbocycles. The Labute approximate surface area is 112 Å². The molecule has 0 spiro atoms. The molecule has 2 unspecified atom stereocenters. The van der Waals surface area contributed by atoms with Crippen molar-refractivity contribution < 1.29 is 13.9 Å². The summed E-state index contributed by atoms with van der Waals surface area (Å²) in [5.41, 5.74) is 0. The number of nitrogens with one attached hydrogen (secondary N) is 2. The molecule has 0 aromatic carbocycles. The normalized spacial score (nSPS) is 29.4. The maximum Gasteiger partial charge on any atom is 0.287 e. The lowest BCUT2D eigenvalue weighted by Gasteiger charge is -2.29. The van der Waals surface area contributed by atoms with Gasteiger partial charge in [-0.3, -0.25) is 4.79 Å². The Hall–Kier alpha value is -1.33. The summed E-state index contributed by atoms with van der Waals surface area (Å²) in [6.07, 6.45) is 4.51. The Morgan fingerprint density at radius 1 is 1.42 bits per heavy atom. The van der Waals surface area contributed by atoms with Gasteiger partial charge in [0.1, 0.15) is 12.4 Å². The van der Waals surface area contributed by atoms with Crippen molar-refractivity contribution in [1.82, 2.24) is 10.6 Å². The van der Waals surface area contributed by atoms with Crippen LogP contribution < -0.4 is 10.6 Å². The average molecular weight is 264 g/mol. The van der Waals surface area contributed by atoms with E-state index >= 15 is 0 Å². The van der Waals surface area contributed by atoms with Gasteiger partial charge in [-0.1, -0.05) is 0 Å². The van der Waals surface area contributed by atoms with Crippen molar-refractivity contribution >= 4 is 5.91 Å². The lowest BCUT2D eigenvalue weighted by atomic mass is 10.00. The predicted molar refractivity (Wildman–Crippen MR) is 69.9 cm³/mol. The van der Waals surface area contributed by atoms with Gasteiger partial charge in [0.2, 0.25) is 0 Å². The van der Waals surface area contributed by atoms with Crippen molar-refractivity contribution in [3.63, 3.8) is 0 Å². The summed E-state index contributed by atoms with van der Waals surface area (Å²) in [5, 5.41) is 6.64. The second kappa shape index (κ2) is 5.35. The first kappa shape index (κ1) is 12.7. The van der Waals surface area contributed by atoms with E-state index in [1.807, 2.05) is 0 Å². The topological polar surface area (TPSA) is 63.5 Å². The van der Waals surface area contributed by atoms with Crippen LogP contribution >= 0.6 is 0 Å². The van der Waals surface area contributed by atoms with Crippen molar-refractivity contribution in [3.05, 3.63) is 23.7 Å². The Morgan fingerprint density at radius 3 is 2.84 bits per heavy atom. The molecule has 1 aromatic heterocycles. The fourth-order valence-corrected chi connectivity index (χ4v) is 3.15. The molecule has 5 nitrogen and oxygen atoms in total. The summed E-state index contributed by atoms with van der Waals surface area (Å²) < 4.78 is 10.4. The van der Waals surface area contributed by atoms with Crippen LogP contribution in [0.5, 0.6) is 0 Å². The number of rotatable bonds is 4. The van der Waals surface area contributed by atoms with Crippen LogP contribution in [0.25, 0.3) is 0 Å². The third kappa shape index (κ3) is 2.82. The van der Waals surface area contributed by atoms with Crippen LogP contribution in [0.4, 0.5) is 0 Å². The van der Waals surface area contributed by atoms with Gasteiger partial charge in [0, 0.05) is 25.2 Å². The minimum atomic E-state index is -0.117. The van der Waals surface area contributed by atoms with Crippen molar-refractivity contribution in [3.8, 4) is 0 Å². The zero-order valence-corrected chi connectivity index (χ0v) is 11.1. The number of piperidine rings is 1. The zero-order chi connectivity index (χ0) is 13.2. The SMILES string of the molecule is COCc1ccc(C(=O)NC2CC3CCC(C2)N3)o1. The van der Waals surface area contributed by atoms with E-state index in [9.17, 15) is 4.79 Å². The molecular formula is C14H20N2O3. The van der Waals surface area contributed by atoms with Gasteiger partial charge in [-0.05, 0) is 37.8 Å². The number of fused-ring (bicyclic) bond motifs is 2. The number of ether oxygens (including phenoxy) is 1. The van der Waals surface area contributed by atoms with Crippen LogP contribution in [-0.4, -0.2) is 31.1 Å². The molecule has 104 valence electrons. The van der Waals surface area contributed by atoms with Gasteiger partial charge < -0.3 is 19.8 Å². The van der Waals surface area contributed by atoms with Crippen molar-refractivity contribution in [1.29, 1.82) is 0 Å². The van der Waals surface area contributed by atoms with Gasteiger partial charge in [-0.15, -0.1) is 0 Å². The Kier molecular flexibility index (Phi) is 3.57. The number of carbonyl (C=O) groups excluding carboxylic acids is 1. The summed E-state index contributed by atoms with van der Waals surface area (Å²) in [5.74, 6) is 0.935. The molecule has 0 saturated carbocycles. The highest BCUT2D eigenvalue weighted by molar-refractivity contribution is 5.91. The lowest BCUT2D eigenvalue weighted by Crippen LogP contribution is -2.47. The summed E-state index contributed by atoms with van der Waals surface area (Å²) in [6.45, 7) is 0.394. The second-order valence-corrected chi connectivity index (χ2v) is 5.48. The summed E-state index contributed by atoms with van der Waals surface area (Å²) in [4.78, 5) is 12.1. The fourth-order valence-electron chi connectivity index (χ4n) is 3.15. The molecule has 2 fully saturated rings. The Bertz CT molecular complexity index is 445. The zero-order valence-electron chi connectivity index (χ0n) is 11.1. The maximum absolute atomic E-state index is 12.1. The van der Waals surface area contributed by atoms with Gasteiger partial charge in [0.15, 0.2) is 5.76 Å². The first-order chi connectivity index (χ1) is 9.24. The van der Waals surface area contributed by atoms with Crippen LogP contribution in [0.15, 0.2) is 16.5 Å². The average Bonchev–Trinajstić information content (AvgIpc) is 2.97. The minimum Gasteiger partial charge on any atom is -0.453 e. The predicted octanol–water partition coefficient (Wildman–Crippen LogP) is 1.44. The highest BCUT2D eigenvalue weighted by Gasteiger charge is 2.34. The van der Waals surface area contributed by atoms with Crippen molar-refractivity contribution in [2.45, 2.75) is 50.4 Å². The molecule has 1 amide bonds. The van der Waals surface area contributed by atoms with E-state index in [1.54, 1.807) is 19.2 Å². The fraction of sp³-hybridized carbons (Fsp3) is 0.643. The van der Waals surface area contributed by atoms with E-state index in [4.69, 9.17) is 9.15 Å². The molecule has 5 heteroatoms. The molecular weight excluding hydrogens is 244 g/mol. The monoisotopic (exact) mass is 264 g/mol. The number of methoxy groups -OCH3 is 1. The number of hydrogen-bond acceptors (Lipinski definition) is 4. The largest absolute Gasteiger partial charge is 0.453 e. The minimum absolute atomic E-state index is 0.117. The number of amides is 1. The Balaban J connectivity index is 1.58. The highest BCUT2D eigenvalue weighted by atomic mass is 16.5. The van der Waals surface area contributed by atoms with Crippen molar-refractivity contribution in [2.24, 2.45) is 0 Å². The summed E-state index contributed by atoms with van der Waals surface area (Å²) in [6, 6.07) is 4.90. The first-order valence-corrected chi connectivity index (χ1v) is 6.89. The van der Waals surface area contributed by atoms with E-state index in [0.717, 1.165) is 12.8 Å².